The highest BCUT2D eigenvalue weighted by molar-refractivity contribution is 7.17. The van der Waals surface area contributed by atoms with Crippen molar-refractivity contribution >= 4 is 33.2 Å². The molecule has 0 bridgehead atoms. The average molecular weight is 387 g/mol. The number of aromatic nitrogens is 2. The fourth-order valence-electron chi connectivity index (χ4n) is 2.64. The lowest BCUT2D eigenvalue weighted by Crippen LogP contribution is -2.30. The summed E-state index contributed by atoms with van der Waals surface area (Å²) in [6.45, 7) is 5.05. The van der Waals surface area contributed by atoms with Crippen LogP contribution in [0.25, 0.3) is 21.3 Å². The summed E-state index contributed by atoms with van der Waals surface area (Å²) in [5.74, 6) is -0.514. The third-order valence-corrected chi connectivity index (χ3v) is 4.91. The van der Waals surface area contributed by atoms with Gasteiger partial charge in [0, 0.05) is 23.1 Å². The quantitative estimate of drug-likeness (QED) is 0.377. The van der Waals surface area contributed by atoms with Crippen LogP contribution in [0.4, 0.5) is 5.69 Å². The van der Waals surface area contributed by atoms with Crippen LogP contribution in [0, 0.1) is 10.1 Å². The van der Waals surface area contributed by atoms with E-state index in [0.29, 0.717) is 21.3 Å². The summed E-state index contributed by atoms with van der Waals surface area (Å²) < 4.78 is 6.42. The van der Waals surface area contributed by atoms with E-state index in [0.717, 1.165) is 0 Å². The molecule has 0 saturated heterocycles. The molecule has 1 aromatic carbocycles. The van der Waals surface area contributed by atoms with Gasteiger partial charge in [-0.2, -0.15) is 0 Å². The molecule has 3 aromatic rings. The second-order valence-corrected chi connectivity index (χ2v) is 7.11. The number of nitro benzene ring substituents is 1. The van der Waals surface area contributed by atoms with Crippen molar-refractivity contribution in [1.29, 1.82) is 0 Å². The van der Waals surface area contributed by atoms with E-state index in [4.69, 9.17) is 4.74 Å². The molecule has 0 fully saturated rings. The molecule has 0 saturated carbocycles. The van der Waals surface area contributed by atoms with Gasteiger partial charge < -0.3 is 4.74 Å². The van der Waals surface area contributed by atoms with Gasteiger partial charge in [0.25, 0.3) is 11.2 Å². The largest absolute Gasteiger partial charge is 0.461 e. The lowest BCUT2D eigenvalue weighted by atomic mass is 10.1. The van der Waals surface area contributed by atoms with Gasteiger partial charge in [-0.1, -0.05) is 0 Å². The van der Waals surface area contributed by atoms with Crippen LogP contribution in [-0.4, -0.2) is 26.5 Å². The maximum absolute atomic E-state index is 13.0. The number of nitrogens with zero attached hydrogens (tertiary/aromatic N) is 3. The predicted octanol–water partition coefficient (Wildman–Crippen LogP) is 3.55. The zero-order valence-corrected chi connectivity index (χ0v) is 15.7. The van der Waals surface area contributed by atoms with E-state index in [2.05, 4.69) is 4.98 Å². The number of fused-ring (bicyclic) bond motifs is 1. The van der Waals surface area contributed by atoms with Gasteiger partial charge in [0.2, 0.25) is 0 Å². The van der Waals surface area contributed by atoms with Crippen LogP contribution in [0.15, 0.2) is 40.8 Å². The molecular formula is C18H17N3O5S. The molecule has 2 heterocycles. The van der Waals surface area contributed by atoms with E-state index in [1.165, 1.54) is 34.4 Å². The zero-order chi connectivity index (χ0) is 19.7. The molecule has 8 nitrogen and oxygen atoms in total. The predicted molar refractivity (Wildman–Crippen MR) is 102 cm³/mol. The fourth-order valence-corrected chi connectivity index (χ4v) is 3.55. The minimum Gasteiger partial charge on any atom is -0.461 e. The van der Waals surface area contributed by atoms with Gasteiger partial charge in [-0.3, -0.25) is 19.5 Å². The number of benzene rings is 1. The summed E-state index contributed by atoms with van der Waals surface area (Å²) >= 11 is 1.30. The van der Waals surface area contributed by atoms with Crippen LogP contribution in [0.2, 0.25) is 0 Å². The molecular weight excluding hydrogens is 370 g/mol. The molecule has 0 spiro atoms. The Morgan fingerprint density at radius 1 is 1.26 bits per heavy atom. The van der Waals surface area contributed by atoms with Gasteiger partial charge in [0.15, 0.2) is 0 Å². The first kappa shape index (κ1) is 18.7. The number of non-ortho nitro benzene ring substituents is 1. The third kappa shape index (κ3) is 3.59. The Morgan fingerprint density at radius 2 is 1.93 bits per heavy atom. The summed E-state index contributed by atoms with van der Waals surface area (Å²) in [5, 5.41) is 13.0. The highest BCUT2D eigenvalue weighted by atomic mass is 32.1. The van der Waals surface area contributed by atoms with Gasteiger partial charge >= 0.3 is 5.97 Å². The van der Waals surface area contributed by atoms with Crippen LogP contribution in [0.5, 0.6) is 0 Å². The Bertz CT molecular complexity index is 1070. The number of esters is 1. The number of carbonyl (C=O) groups is 1. The van der Waals surface area contributed by atoms with E-state index in [1.807, 2.05) is 0 Å². The molecule has 2 aromatic heterocycles. The van der Waals surface area contributed by atoms with E-state index in [-0.39, 0.29) is 17.4 Å². The Balaban J connectivity index is 2.08. The van der Waals surface area contributed by atoms with Gasteiger partial charge in [-0.15, -0.1) is 11.3 Å². The maximum Gasteiger partial charge on any atom is 0.329 e. The highest BCUT2D eigenvalue weighted by Crippen LogP contribution is 2.31. The van der Waals surface area contributed by atoms with Crippen molar-refractivity contribution in [3.05, 3.63) is 56.4 Å². The first-order valence-electron chi connectivity index (χ1n) is 8.23. The number of hydrogen-bond acceptors (Lipinski definition) is 7. The zero-order valence-electron chi connectivity index (χ0n) is 14.9. The van der Waals surface area contributed by atoms with Gasteiger partial charge in [-0.05, 0) is 38.5 Å². The number of hydrogen-bond donors (Lipinski definition) is 0. The topological polar surface area (TPSA) is 104 Å². The molecule has 140 valence electrons. The second kappa shape index (κ2) is 7.28. The number of rotatable bonds is 5. The standard InChI is InChI=1S/C18H17N3O5S/c1-10(2)26-18(23)11(3)20-9-19-16-15(17(20)22)14(8-27-16)12-4-6-13(7-5-12)21(24)25/h4-11H,1-3H3. The molecule has 1 atom stereocenters. The fraction of sp³-hybridized carbons (Fsp3) is 0.278. The second-order valence-electron chi connectivity index (χ2n) is 6.25. The van der Waals surface area contributed by atoms with E-state index in [1.54, 1.807) is 38.3 Å². The number of carbonyl (C=O) groups excluding carboxylic acids is 1. The van der Waals surface area contributed by atoms with Gasteiger partial charge in [-0.25, -0.2) is 9.78 Å². The van der Waals surface area contributed by atoms with Crippen molar-refractivity contribution in [1.82, 2.24) is 9.55 Å². The van der Waals surface area contributed by atoms with Crippen molar-refractivity contribution in [2.45, 2.75) is 32.9 Å². The summed E-state index contributed by atoms with van der Waals surface area (Å²) in [4.78, 5) is 40.3. The number of nitro groups is 1. The molecule has 1 unspecified atom stereocenters. The first-order valence-corrected chi connectivity index (χ1v) is 9.11. The average Bonchev–Trinajstić information content (AvgIpc) is 3.06. The van der Waals surface area contributed by atoms with Gasteiger partial charge in [0.05, 0.1) is 22.7 Å². The van der Waals surface area contributed by atoms with Crippen LogP contribution in [-0.2, 0) is 9.53 Å². The van der Waals surface area contributed by atoms with Crippen LogP contribution in [0.1, 0.15) is 26.8 Å². The number of ether oxygens (including phenoxy) is 1. The minimum absolute atomic E-state index is 0.0288. The lowest BCUT2D eigenvalue weighted by Gasteiger charge is -2.16. The molecule has 0 N–H and O–H groups in total. The summed E-state index contributed by atoms with van der Waals surface area (Å²) in [6, 6.07) is 5.13. The van der Waals surface area contributed by atoms with E-state index in [9.17, 15) is 19.7 Å². The minimum atomic E-state index is -0.818. The normalized spacial score (nSPS) is 12.3. The van der Waals surface area contributed by atoms with Crippen molar-refractivity contribution in [3.63, 3.8) is 0 Å². The van der Waals surface area contributed by atoms with Crippen molar-refractivity contribution in [3.8, 4) is 11.1 Å². The lowest BCUT2D eigenvalue weighted by molar-refractivity contribution is -0.384. The van der Waals surface area contributed by atoms with E-state index >= 15 is 0 Å². The smallest absolute Gasteiger partial charge is 0.329 e. The van der Waals surface area contributed by atoms with Crippen molar-refractivity contribution in [2.24, 2.45) is 0 Å². The molecule has 27 heavy (non-hydrogen) atoms. The van der Waals surface area contributed by atoms with Crippen LogP contribution >= 0.6 is 11.3 Å². The SMILES string of the molecule is CC(C)OC(=O)C(C)n1cnc2scc(-c3ccc([N+](=O)[O-])cc3)c2c1=O. The summed E-state index contributed by atoms with van der Waals surface area (Å²) in [5.41, 5.74) is 0.906. The van der Waals surface area contributed by atoms with Crippen LogP contribution < -0.4 is 5.56 Å². The van der Waals surface area contributed by atoms with Crippen LogP contribution in [0.3, 0.4) is 0 Å². The van der Waals surface area contributed by atoms with E-state index < -0.39 is 16.9 Å². The Hall–Kier alpha value is -3.07. The van der Waals surface area contributed by atoms with Crippen molar-refractivity contribution < 1.29 is 14.5 Å². The first-order chi connectivity index (χ1) is 12.8. The number of thiophene rings is 1. The highest BCUT2D eigenvalue weighted by Gasteiger charge is 2.22. The molecule has 0 aliphatic heterocycles. The molecule has 0 amide bonds. The monoisotopic (exact) mass is 387 g/mol. The summed E-state index contributed by atoms with van der Waals surface area (Å²) in [7, 11) is 0. The Kier molecular flexibility index (Phi) is 5.04. The Morgan fingerprint density at radius 3 is 2.52 bits per heavy atom. The van der Waals surface area contributed by atoms with Gasteiger partial charge in [0.1, 0.15) is 10.9 Å². The molecule has 0 aliphatic carbocycles. The maximum atomic E-state index is 13.0. The molecule has 0 aliphatic rings. The molecule has 3 rings (SSSR count). The molecule has 9 heteroatoms. The third-order valence-electron chi connectivity index (χ3n) is 4.02. The molecule has 0 radical (unpaired) electrons. The van der Waals surface area contributed by atoms with Crippen molar-refractivity contribution in [2.75, 3.05) is 0 Å². The summed E-state index contributed by atoms with van der Waals surface area (Å²) in [6.07, 6.45) is 1.05. The Labute approximate surface area is 158 Å².